The lowest BCUT2D eigenvalue weighted by atomic mass is 9.88. The highest BCUT2D eigenvalue weighted by Gasteiger charge is 2.22. The molecule has 30 heavy (non-hydrogen) atoms. The Hall–Kier alpha value is -2.43. The number of sulfonamides is 1. The van der Waals surface area contributed by atoms with Crippen LogP contribution >= 0.6 is 11.8 Å². The van der Waals surface area contributed by atoms with E-state index in [-0.39, 0.29) is 22.6 Å². The van der Waals surface area contributed by atoms with Gasteiger partial charge in [-0.2, -0.15) is 0 Å². The smallest absolute Gasteiger partial charge is 0.244 e. The highest BCUT2D eigenvalue weighted by molar-refractivity contribution is 7.99. The molecule has 0 radical (unpaired) electrons. The molecule has 0 fully saturated rings. The SMILES string of the molecule is CN(C)S(=O)(=O)c1ccc2nnc(SCC(=O)N[C@@H]3CCCc4ccccc43)n2c1. The Morgan fingerprint density at radius 2 is 2.03 bits per heavy atom. The lowest BCUT2D eigenvalue weighted by Gasteiger charge is -2.26. The van der Waals surface area contributed by atoms with E-state index >= 15 is 0 Å². The molecule has 3 aromatic rings. The largest absolute Gasteiger partial charge is 0.349 e. The van der Waals surface area contributed by atoms with Crippen molar-refractivity contribution in [1.82, 2.24) is 24.2 Å². The maximum atomic E-state index is 12.6. The van der Waals surface area contributed by atoms with Crippen LogP contribution in [0.15, 0.2) is 52.6 Å². The molecule has 8 nitrogen and oxygen atoms in total. The van der Waals surface area contributed by atoms with Crippen molar-refractivity contribution in [1.29, 1.82) is 0 Å². The lowest BCUT2D eigenvalue weighted by Crippen LogP contribution is -2.32. The van der Waals surface area contributed by atoms with E-state index in [9.17, 15) is 13.2 Å². The maximum Gasteiger partial charge on any atom is 0.244 e. The monoisotopic (exact) mass is 445 g/mol. The van der Waals surface area contributed by atoms with Crippen molar-refractivity contribution in [3.63, 3.8) is 0 Å². The number of benzene rings is 1. The first-order chi connectivity index (χ1) is 14.4. The van der Waals surface area contributed by atoms with Gasteiger partial charge in [-0.15, -0.1) is 10.2 Å². The quantitative estimate of drug-likeness (QED) is 0.585. The second kappa shape index (κ2) is 8.37. The summed E-state index contributed by atoms with van der Waals surface area (Å²) in [7, 11) is -0.611. The third kappa shape index (κ3) is 4.07. The van der Waals surface area contributed by atoms with Gasteiger partial charge in [0, 0.05) is 20.3 Å². The Balaban J connectivity index is 1.47. The second-order valence-electron chi connectivity index (χ2n) is 7.36. The third-order valence-electron chi connectivity index (χ3n) is 5.16. The third-order valence-corrected chi connectivity index (χ3v) is 7.90. The van der Waals surface area contributed by atoms with Crippen LogP contribution in [0.4, 0.5) is 0 Å². The van der Waals surface area contributed by atoms with Crippen molar-refractivity contribution in [3.05, 3.63) is 53.7 Å². The van der Waals surface area contributed by atoms with E-state index in [1.807, 2.05) is 12.1 Å². The van der Waals surface area contributed by atoms with E-state index in [1.54, 1.807) is 10.5 Å². The molecule has 0 saturated carbocycles. The number of pyridine rings is 1. The van der Waals surface area contributed by atoms with E-state index < -0.39 is 10.0 Å². The van der Waals surface area contributed by atoms with Gasteiger partial charge in [0.25, 0.3) is 0 Å². The number of fused-ring (bicyclic) bond motifs is 2. The van der Waals surface area contributed by atoms with E-state index in [4.69, 9.17) is 0 Å². The highest BCUT2D eigenvalue weighted by Crippen LogP contribution is 2.29. The van der Waals surface area contributed by atoms with Crippen LogP contribution in [0.5, 0.6) is 0 Å². The van der Waals surface area contributed by atoms with Gasteiger partial charge in [0.1, 0.15) is 0 Å². The van der Waals surface area contributed by atoms with Crippen LogP contribution in [-0.4, -0.2) is 53.1 Å². The Labute approximate surface area is 179 Å². The van der Waals surface area contributed by atoms with Gasteiger partial charge in [-0.25, -0.2) is 12.7 Å². The predicted octanol–water partition coefficient (Wildman–Crippen LogP) is 2.27. The van der Waals surface area contributed by atoms with Crippen molar-refractivity contribution < 1.29 is 13.2 Å². The van der Waals surface area contributed by atoms with Gasteiger partial charge in [-0.3, -0.25) is 9.20 Å². The molecule has 0 aliphatic heterocycles. The summed E-state index contributed by atoms with van der Waals surface area (Å²) in [6.45, 7) is 0. The lowest BCUT2D eigenvalue weighted by molar-refractivity contribution is -0.119. The predicted molar refractivity (Wildman–Crippen MR) is 115 cm³/mol. The number of hydrogen-bond donors (Lipinski definition) is 1. The van der Waals surface area contributed by atoms with Crippen LogP contribution in [0, 0.1) is 0 Å². The maximum absolute atomic E-state index is 12.6. The molecule has 1 amide bonds. The first-order valence-electron chi connectivity index (χ1n) is 9.63. The first kappa shape index (κ1) is 20.8. The highest BCUT2D eigenvalue weighted by atomic mass is 32.2. The molecule has 0 bridgehead atoms. The minimum absolute atomic E-state index is 0.0232. The van der Waals surface area contributed by atoms with Crippen LogP contribution < -0.4 is 5.32 Å². The summed E-state index contributed by atoms with van der Waals surface area (Å²) in [6.07, 6.45) is 4.50. The minimum atomic E-state index is -3.57. The summed E-state index contributed by atoms with van der Waals surface area (Å²) in [6, 6.07) is 11.3. The normalized spacial score (nSPS) is 16.6. The minimum Gasteiger partial charge on any atom is -0.349 e. The Morgan fingerprint density at radius 3 is 2.83 bits per heavy atom. The molecule has 1 aromatic carbocycles. The molecule has 158 valence electrons. The van der Waals surface area contributed by atoms with Crippen molar-refractivity contribution in [2.24, 2.45) is 0 Å². The number of hydrogen-bond acceptors (Lipinski definition) is 6. The molecule has 0 saturated heterocycles. The summed E-state index contributed by atoms with van der Waals surface area (Å²) in [5, 5.41) is 11.8. The topological polar surface area (TPSA) is 96.7 Å². The molecule has 1 aliphatic rings. The Morgan fingerprint density at radius 1 is 1.23 bits per heavy atom. The summed E-state index contributed by atoms with van der Waals surface area (Å²) in [4.78, 5) is 12.7. The molecule has 1 atom stereocenters. The number of aromatic nitrogens is 3. The molecule has 0 unspecified atom stereocenters. The number of thioether (sulfide) groups is 1. The molecule has 0 spiro atoms. The van der Waals surface area contributed by atoms with Crippen molar-refractivity contribution in [2.75, 3.05) is 19.8 Å². The zero-order valence-electron chi connectivity index (χ0n) is 16.8. The fourth-order valence-electron chi connectivity index (χ4n) is 3.58. The fraction of sp³-hybridized carbons (Fsp3) is 0.350. The summed E-state index contributed by atoms with van der Waals surface area (Å²) in [5.74, 6) is 0.0833. The Bertz CT molecular complexity index is 1190. The number of carbonyl (C=O) groups is 1. The van der Waals surface area contributed by atoms with Gasteiger partial charge in [0.05, 0.1) is 16.7 Å². The van der Waals surface area contributed by atoms with Crippen molar-refractivity contribution in [2.45, 2.75) is 35.4 Å². The van der Waals surface area contributed by atoms with Gasteiger partial charge in [0.15, 0.2) is 10.8 Å². The standard InChI is InChI=1S/C20H23N5O3S2/c1-24(2)30(27,28)15-10-11-18-22-23-20(25(18)12-15)29-13-19(26)21-17-9-5-7-14-6-3-4-8-16(14)17/h3-4,6,8,10-12,17H,5,7,9,13H2,1-2H3,(H,21,26)/t17-/m1/s1. The Kier molecular flexibility index (Phi) is 5.81. The van der Waals surface area contributed by atoms with Gasteiger partial charge in [-0.1, -0.05) is 36.0 Å². The number of aryl methyl sites for hydroxylation is 1. The van der Waals surface area contributed by atoms with E-state index in [0.717, 1.165) is 23.6 Å². The molecule has 1 aliphatic carbocycles. The average molecular weight is 446 g/mol. The molecular formula is C20H23N5O3S2. The van der Waals surface area contributed by atoms with Crippen LogP contribution in [-0.2, 0) is 21.2 Å². The van der Waals surface area contributed by atoms with Crippen molar-refractivity contribution >= 4 is 33.3 Å². The van der Waals surface area contributed by atoms with Crippen LogP contribution in [0.1, 0.15) is 30.0 Å². The average Bonchev–Trinajstić information content (AvgIpc) is 3.15. The van der Waals surface area contributed by atoms with Gasteiger partial charge in [-0.05, 0) is 42.5 Å². The molecule has 2 heterocycles. The van der Waals surface area contributed by atoms with Crippen molar-refractivity contribution in [3.8, 4) is 0 Å². The number of nitrogens with one attached hydrogen (secondary N) is 1. The molecule has 4 rings (SSSR count). The molecule has 1 N–H and O–H groups in total. The number of rotatable bonds is 6. The summed E-state index contributed by atoms with van der Waals surface area (Å²) in [5.41, 5.74) is 3.00. The van der Waals surface area contributed by atoms with Crippen LogP contribution in [0.2, 0.25) is 0 Å². The zero-order valence-corrected chi connectivity index (χ0v) is 18.4. The van der Waals surface area contributed by atoms with Gasteiger partial charge in [0.2, 0.25) is 15.9 Å². The fourth-order valence-corrected chi connectivity index (χ4v) is 5.21. The zero-order chi connectivity index (χ0) is 21.3. The van der Waals surface area contributed by atoms with Gasteiger partial charge >= 0.3 is 0 Å². The number of nitrogens with zero attached hydrogens (tertiary/aromatic N) is 4. The van der Waals surface area contributed by atoms with Gasteiger partial charge < -0.3 is 5.32 Å². The molecule has 10 heteroatoms. The molecular weight excluding hydrogens is 422 g/mol. The number of carbonyl (C=O) groups excluding carboxylic acids is 1. The van der Waals surface area contributed by atoms with E-state index in [2.05, 4.69) is 27.6 Å². The van der Waals surface area contributed by atoms with Crippen LogP contribution in [0.25, 0.3) is 5.65 Å². The van der Waals surface area contributed by atoms with E-state index in [1.165, 1.54) is 49.2 Å². The van der Waals surface area contributed by atoms with E-state index in [0.29, 0.717) is 10.8 Å². The number of amides is 1. The first-order valence-corrected chi connectivity index (χ1v) is 12.1. The second-order valence-corrected chi connectivity index (χ2v) is 10.5. The molecule has 2 aromatic heterocycles. The van der Waals surface area contributed by atoms with Crippen LogP contribution in [0.3, 0.4) is 0 Å². The summed E-state index contributed by atoms with van der Waals surface area (Å²) >= 11 is 1.23. The summed E-state index contributed by atoms with van der Waals surface area (Å²) < 4.78 is 27.6.